The van der Waals surface area contributed by atoms with Crippen LogP contribution in [-0.2, 0) is 43.5 Å². The Morgan fingerprint density at radius 1 is 0.812 bits per heavy atom. The third-order valence-electron chi connectivity index (χ3n) is 5.29. The molecule has 3 aromatic rings. The van der Waals surface area contributed by atoms with Gasteiger partial charge in [0.05, 0.1) is 0 Å². The summed E-state index contributed by atoms with van der Waals surface area (Å²) in [6, 6.07) is 23.4. The van der Waals surface area contributed by atoms with Gasteiger partial charge in [-0.15, -0.1) is 24.3 Å². The monoisotopic (exact) mass is 544 g/mol. The Balaban J connectivity index is 0. The van der Waals surface area contributed by atoms with Crippen LogP contribution in [0.5, 0.6) is 0 Å². The zero-order valence-corrected chi connectivity index (χ0v) is 24.5. The smallest absolute Gasteiger partial charge is 1.00 e. The maximum atomic E-state index is 3.67. The van der Waals surface area contributed by atoms with Gasteiger partial charge in [0, 0.05) is 0 Å². The Hall–Kier alpha value is -1.01. The van der Waals surface area contributed by atoms with Crippen LogP contribution in [0.3, 0.4) is 0 Å². The largest absolute Gasteiger partial charge is 4.00 e. The fraction of sp³-hybridized carbons (Fsp3) is 0.345. The van der Waals surface area contributed by atoms with Crippen molar-refractivity contribution in [1.29, 1.82) is 0 Å². The fourth-order valence-corrected chi connectivity index (χ4v) is 3.50. The Kier molecular flexibility index (Phi) is 14.1. The van der Waals surface area contributed by atoms with E-state index in [9.17, 15) is 0 Å². The van der Waals surface area contributed by atoms with Crippen LogP contribution in [0, 0.1) is 13.0 Å². The minimum Gasteiger partial charge on any atom is -1.00 e. The van der Waals surface area contributed by atoms with Crippen molar-refractivity contribution in [3.05, 3.63) is 102 Å². The van der Waals surface area contributed by atoms with Crippen molar-refractivity contribution in [2.45, 2.75) is 65.7 Å². The normalized spacial score (nSPS) is 11.0. The van der Waals surface area contributed by atoms with E-state index in [1.807, 2.05) is 12.1 Å². The molecule has 0 spiro atoms. The molecule has 0 unspecified atom stereocenters. The molecule has 0 heterocycles. The minimum absolute atomic E-state index is 0. The molecule has 0 radical (unpaired) electrons. The third-order valence-corrected chi connectivity index (χ3v) is 5.29. The standard InChI is InChI=1S/C21H25.C6H7.C2H4.2ClH.Zr/c1-20(2,3)16-7-9-18-14(12-16)11-15-13-17(21(4,5)6)8-10-19(15)18;1-6-4-2-3-5-6;1-2;;;/h7-10,12H,11H2,1-6H3;2-5H,1H3;1-2H2;2*1H;/q2*-1;;;;+4/p-2. The number of rotatable bonds is 0. The van der Waals surface area contributed by atoms with E-state index in [0.29, 0.717) is 0 Å². The Morgan fingerprint density at radius 3 is 1.78 bits per heavy atom. The van der Waals surface area contributed by atoms with Gasteiger partial charge in [-0.05, 0) is 28.4 Å². The number of hydrogen-bond acceptors (Lipinski definition) is 0. The van der Waals surface area contributed by atoms with E-state index in [1.54, 1.807) is 0 Å². The molecule has 0 aromatic heterocycles. The van der Waals surface area contributed by atoms with Gasteiger partial charge in [0.25, 0.3) is 0 Å². The molecule has 0 bridgehead atoms. The van der Waals surface area contributed by atoms with Crippen molar-refractivity contribution in [2.75, 3.05) is 0 Å². The molecular weight excluding hydrogens is 510 g/mol. The quantitative estimate of drug-likeness (QED) is 0.234. The molecule has 0 saturated carbocycles. The maximum Gasteiger partial charge on any atom is 4.00 e. The number of halogens is 2. The molecule has 3 heteroatoms. The summed E-state index contributed by atoms with van der Waals surface area (Å²) in [7, 11) is 0. The zero-order chi connectivity index (χ0) is 21.8. The average Bonchev–Trinajstić information content (AvgIpc) is 3.27. The zero-order valence-electron chi connectivity index (χ0n) is 20.6. The van der Waals surface area contributed by atoms with Crippen LogP contribution in [0.4, 0.5) is 0 Å². The summed E-state index contributed by atoms with van der Waals surface area (Å²) in [4.78, 5) is 0. The van der Waals surface area contributed by atoms with Crippen molar-refractivity contribution in [3.8, 4) is 11.1 Å². The van der Waals surface area contributed by atoms with Gasteiger partial charge in [0.15, 0.2) is 0 Å². The van der Waals surface area contributed by atoms with Crippen LogP contribution in [0.1, 0.15) is 69.4 Å². The van der Waals surface area contributed by atoms with Crippen molar-refractivity contribution in [1.82, 2.24) is 0 Å². The van der Waals surface area contributed by atoms with Crippen LogP contribution in [0.25, 0.3) is 11.1 Å². The van der Waals surface area contributed by atoms with Crippen LogP contribution < -0.4 is 24.8 Å². The van der Waals surface area contributed by atoms with Gasteiger partial charge in [-0.25, -0.2) is 12.1 Å². The van der Waals surface area contributed by atoms with E-state index in [2.05, 4.69) is 110 Å². The Bertz CT molecular complexity index is 881. The number of fused-ring (bicyclic) bond motifs is 3. The molecule has 0 nitrogen and oxygen atoms in total. The SMILES string of the molecule is C=C.CC(C)(C)c1[c-]c2c(cc1)-c1ccc(C(C)(C)C)cc1C2.C[c-]1cccc1.[Cl-].[Cl-].[Zr+4]. The molecule has 170 valence electrons. The molecule has 0 saturated heterocycles. The summed E-state index contributed by atoms with van der Waals surface area (Å²) >= 11 is 0. The average molecular weight is 547 g/mol. The second-order valence-corrected chi connectivity index (χ2v) is 9.78. The van der Waals surface area contributed by atoms with Crippen molar-refractivity contribution < 1.29 is 51.0 Å². The van der Waals surface area contributed by atoms with Crippen molar-refractivity contribution in [2.24, 2.45) is 0 Å². The van der Waals surface area contributed by atoms with Gasteiger partial charge in [-0.3, -0.25) is 0 Å². The van der Waals surface area contributed by atoms with Crippen LogP contribution >= 0.6 is 0 Å². The molecule has 0 aliphatic heterocycles. The first kappa shape index (κ1) is 33.2. The second-order valence-electron chi connectivity index (χ2n) is 9.78. The molecule has 1 aliphatic rings. The first-order valence-electron chi connectivity index (χ1n) is 10.4. The van der Waals surface area contributed by atoms with E-state index in [1.165, 1.54) is 38.9 Å². The topological polar surface area (TPSA) is 0 Å². The number of aryl methyl sites for hydroxylation is 1. The molecule has 3 aromatic carbocycles. The molecule has 0 N–H and O–H groups in total. The second kappa shape index (κ2) is 13.6. The van der Waals surface area contributed by atoms with Gasteiger partial charge in [0.1, 0.15) is 0 Å². The summed E-state index contributed by atoms with van der Waals surface area (Å²) < 4.78 is 0. The molecule has 0 fully saturated rings. The summed E-state index contributed by atoms with van der Waals surface area (Å²) in [6.07, 6.45) is 1.03. The van der Waals surface area contributed by atoms with Gasteiger partial charge in [0.2, 0.25) is 0 Å². The first-order chi connectivity index (χ1) is 13.6. The van der Waals surface area contributed by atoms with Gasteiger partial charge in [-0.2, -0.15) is 41.5 Å². The number of benzene rings is 2. The van der Waals surface area contributed by atoms with Gasteiger partial charge >= 0.3 is 26.2 Å². The van der Waals surface area contributed by atoms with E-state index < -0.39 is 0 Å². The predicted molar refractivity (Wildman–Crippen MR) is 129 cm³/mol. The molecule has 0 amide bonds. The van der Waals surface area contributed by atoms with Crippen molar-refractivity contribution >= 4 is 0 Å². The Labute approximate surface area is 228 Å². The van der Waals surface area contributed by atoms with E-state index in [4.69, 9.17) is 0 Å². The predicted octanol–water partition coefficient (Wildman–Crippen LogP) is 2.17. The van der Waals surface area contributed by atoms with Crippen LogP contribution in [0.2, 0.25) is 0 Å². The van der Waals surface area contributed by atoms with Crippen LogP contribution in [0.15, 0.2) is 67.8 Å². The summed E-state index contributed by atoms with van der Waals surface area (Å²) in [5.74, 6) is 0. The molecule has 4 rings (SSSR count). The number of hydrogen-bond donors (Lipinski definition) is 0. The van der Waals surface area contributed by atoms with E-state index >= 15 is 0 Å². The van der Waals surface area contributed by atoms with Crippen LogP contribution in [-0.4, -0.2) is 0 Å². The Morgan fingerprint density at radius 2 is 1.34 bits per heavy atom. The summed E-state index contributed by atoms with van der Waals surface area (Å²) in [5.41, 5.74) is 10.0. The minimum atomic E-state index is 0. The maximum absolute atomic E-state index is 3.67. The molecular formula is C29H36Cl2Zr. The van der Waals surface area contributed by atoms with Gasteiger partial charge in [-0.1, -0.05) is 72.2 Å². The van der Waals surface area contributed by atoms with E-state index in [0.717, 1.165) is 6.42 Å². The molecule has 0 atom stereocenters. The van der Waals surface area contributed by atoms with Gasteiger partial charge < -0.3 is 24.8 Å². The molecule has 32 heavy (non-hydrogen) atoms. The third kappa shape index (κ3) is 8.40. The summed E-state index contributed by atoms with van der Waals surface area (Å²) in [6.45, 7) is 21.7. The van der Waals surface area contributed by atoms with Crippen molar-refractivity contribution in [3.63, 3.8) is 0 Å². The summed E-state index contributed by atoms with van der Waals surface area (Å²) in [5, 5.41) is 0. The first-order valence-corrected chi connectivity index (χ1v) is 10.4. The van der Waals surface area contributed by atoms with E-state index in [-0.39, 0.29) is 61.8 Å². The fourth-order valence-electron chi connectivity index (χ4n) is 3.50. The molecule has 1 aliphatic carbocycles.